The van der Waals surface area contributed by atoms with Gasteiger partial charge in [-0.1, -0.05) is 50.2 Å². The monoisotopic (exact) mass is 313 g/mol. The molecule has 2 rings (SSSR count). The average molecular weight is 313 g/mol. The van der Waals surface area contributed by atoms with Gasteiger partial charge in [-0.3, -0.25) is 4.79 Å². The van der Waals surface area contributed by atoms with Crippen LogP contribution in [-0.2, 0) is 6.42 Å². The van der Waals surface area contributed by atoms with Gasteiger partial charge in [0.15, 0.2) is 0 Å². The Morgan fingerprint density at radius 1 is 1.09 bits per heavy atom. The van der Waals surface area contributed by atoms with Crippen LogP contribution in [0.4, 0.5) is 0 Å². The molecule has 2 nitrogen and oxygen atoms in total. The van der Waals surface area contributed by atoms with Gasteiger partial charge in [0.05, 0.1) is 11.6 Å². The van der Waals surface area contributed by atoms with Gasteiger partial charge in [0.1, 0.15) is 0 Å². The minimum Gasteiger partial charge on any atom is -0.345 e. The van der Waals surface area contributed by atoms with Gasteiger partial charge in [-0.15, -0.1) is 11.8 Å². The second kappa shape index (κ2) is 8.04. The normalized spacial score (nSPS) is 12.0. The van der Waals surface area contributed by atoms with Crippen LogP contribution in [0.2, 0.25) is 0 Å². The van der Waals surface area contributed by atoms with E-state index in [0.29, 0.717) is 0 Å². The van der Waals surface area contributed by atoms with Crippen molar-refractivity contribution in [2.45, 2.75) is 38.1 Å². The quantitative estimate of drug-likeness (QED) is 0.772. The van der Waals surface area contributed by atoms with Crippen LogP contribution < -0.4 is 5.32 Å². The molecule has 0 heterocycles. The molecular formula is C19H23NOS. The number of carbonyl (C=O) groups excluding carboxylic acids is 1. The number of nitrogens with one attached hydrogen (secondary N) is 1. The molecular weight excluding hydrogens is 290 g/mol. The van der Waals surface area contributed by atoms with Crippen LogP contribution >= 0.6 is 11.8 Å². The lowest BCUT2D eigenvalue weighted by atomic mass is 10.0. The van der Waals surface area contributed by atoms with Crippen molar-refractivity contribution in [3.63, 3.8) is 0 Å². The number of rotatable bonds is 6. The van der Waals surface area contributed by atoms with Gasteiger partial charge >= 0.3 is 0 Å². The Hall–Kier alpha value is -1.74. The minimum absolute atomic E-state index is 0.00177. The van der Waals surface area contributed by atoms with E-state index in [1.165, 1.54) is 5.56 Å². The summed E-state index contributed by atoms with van der Waals surface area (Å²) in [6, 6.07) is 16.2. The van der Waals surface area contributed by atoms with Crippen molar-refractivity contribution in [3.05, 3.63) is 65.2 Å². The Bertz CT molecular complexity index is 622. The lowest BCUT2D eigenvalue weighted by Crippen LogP contribution is -2.27. The van der Waals surface area contributed by atoms with Crippen LogP contribution in [0.15, 0.2) is 53.4 Å². The van der Waals surface area contributed by atoms with Gasteiger partial charge in [-0.25, -0.2) is 0 Å². The standard InChI is InChI=1S/C19H23NOS/c1-4-15-10-12-16(13-11-15)14(3)20-19(21)17-8-6-7-9-18(17)22-5-2/h6-14H,4-5H2,1-3H3,(H,20,21)/t14-/m1/s1. The highest BCUT2D eigenvalue weighted by Gasteiger charge is 2.14. The topological polar surface area (TPSA) is 29.1 Å². The third kappa shape index (κ3) is 4.14. The Balaban J connectivity index is 2.10. The van der Waals surface area contributed by atoms with Crippen molar-refractivity contribution in [1.82, 2.24) is 5.32 Å². The molecule has 3 heteroatoms. The van der Waals surface area contributed by atoms with Crippen LogP contribution in [0, 0.1) is 0 Å². The van der Waals surface area contributed by atoms with Crippen LogP contribution in [0.25, 0.3) is 0 Å². The molecule has 0 radical (unpaired) electrons. The van der Waals surface area contributed by atoms with Crippen molar-refractivity contribution >= 4 is 17.7 Å². The number of hydrogen-bond donors (Lipinski definition) is 1. The van der Waals surface area contributed by atoms with Gasteiger partial charge in [-0.2, -0.15) is 0 Å². The van der Waals surface area contributed by atoms with Crippen molar-refractivity contribution < 1.29 is 4.79 Å². The second-order valence-electron chi connectivity index (χ2n) is 5.22. The molecule has 2 aromatic rings. The molecule has 0 bridgehead atoms. The fourth-order valence-electron chi connectivity index (χ4n) is 2.34. The highest BCUT2D eigenvalue weighted by Crippen LogP contribution is 2.23. The maximum atomic E-state index is 12.5. The summed E-state index contributed by atoms with van der Waals surface area (Å²) in [5, 5.41) is 3.10. The summed E-state index contributed by atoms with van der Waals surface area (Å²) < 4.78 is 0. The summed E-state index contributed by atoms with van der Waals surface area (Å²) in [5.41, 5.74) is 3.20. The maximum absolute atomic E-state index is 12.5. The van der Waals surface area contributed by atoms with Gasteiger partial charge < -0.3 is 5.32 Å². The largest absolute Gasteiger partial charge is 0.345 e. The number of hydrogen-bond acceptors (Lipinski definition) is 2. The molecule has 0 aromatic heterocycles. The average Bonchev–Trinajstić information content (AvgIpc) is 2.55. The van der Waals surface area contributed by atoms with E-state index >= 15 is 0 Å². The molecule has 0 aliphatic heterocycles. The molecule has 0 fully saturated rings. The molecule has 0 saturated heterocycles. The Morgan fingerprint density at radius 2 is 1.77 bits per heavy atom. The van der Waals surface area contributed by atoms with Crippen molar-refractivity contribution in [2.24, 2.45) is 0 Å². The van der Waals surface area contributed by atoms with Gasteiger partial charge in [0, 0.05) is 4.90 Å². The Morgan fingerprint density at radius 3 is 2.41 bits per heavy atom. The first-order chi connectivity index (χ1) is 10.7. The third-order valence-corrected chi connectivity index (χ3v) is 4.62. The zero-order valence-electron chi connectivity index (χ0n) is 13.4. The summed E-state index contributed by atoms with van der Waals surface area (Å²) in [4.78, 5) is 13.6. The molecule has 1 N–H and O–H groups in total. The number of benzene rings is 2. The summed E-state index contributed by atoms with van der Waals surface area (Å²) in [6.07, 6.45) is 1.03. The van der Waals surface area contributed by atoms with E-state index in [-0.39, 0.29) is 11.9 Å². The summed E-state index contributed by atoms with van der Waals surface area (Å²) in [7, 11) is 0. The van der Waals surface area contributed by atoms with Crippen molar-refractivity contribution in [2.75, 3.05) is 5.75 Å². The minimum atomic E-state index is -0.0105. The van der Waals surface area contributed by atoms with E-state index in [1.54, 1.807) is 11.8 Å². The third-order valence-electron chi connectivity index (χ3n) is 3.67. The zero-order chi connectivity index (χ0) is 15.9. The number of thioether (sulfide) groups is 1. The predicted molar refractivity (Wildman–Crippen MR) is 94.5 cm³/mol. The maximum Gasteiger partial charge on any atom is 0.252 e. The highest BCUT2D eigenvalue weighted by molar-refractivity contribution is 7.99. The summed E-state index contributed by atoms with van der Waals surface area (Å²) in [5.74, 6) is 0.946. The van der Waals surface area contributed by atoms with Crippen LogP contribution in [-0.4, -0.2) is 11.7 Å². The first-order valence-electron chi connectivity index (χ1n) is 7.77. The van der Waals surface area contributed by atoms with Gasteiger partial charge in [-0.05, 0) is 42.4 Å². The van der Waals surface area contributed by atoms with Gasteiger partial charge in [0.2, 0.25) is 0 Å². The SMILES string of the molecule is CCSc1ccccc1C(=O)N[C@H](C)c1ccc(CC)cc1. The first-order valence-corrected chi connectivity index (χ1v) is 8.75. The number of carbonyl (C=O) groups is 1. The summed E-state index contributed by atoms with van der Waals surface area (Å²) >= 11 is 1.70. The number of amides is 1. The molecule has 1 amide bonds. The lowest BCUT2D eigenvalue weighted by molar-refractivity contribution is 0.0937. The molecule has 0 spiro atoms. The molecule has 0 saturated carbocycles. The van der Waals surface area contributed by atoms with Gasteiger partial charge in [0.25, 0.3) is 5.91 Å². The van der Waals surface area contributed by atoms with E-state index < -0.39 is 0 Å². The van der Waals surface area contributed by atoms with E-state index in [9.17, 15) is 4.79 Å². The Kier molecular flexibility index (Phi) is 6.08. The smallest absolute Gasteiger partial charge is 0.252 e. The molecule has 1 atom stereocenters. The molecule has 2 aromatic carbocycles. The molecule has 116 valence electrons. The van der Waals surface area contributed by atoms with E-state index in [4.69, 9.17) is 0 Å². The molecule has 0 aliphatic carbocycles. The zero-order valence-corrected chi connectivity index (χ0v) is 14.2. The molecule has 0 unspecified atom stereocenters. The van der Waals surface area contributed by atoms with Crippen molar-refractivity contribution in [3.8, 4) is 0 Å². The van der Waals surface area contributed by atoms with Crippen LogP contribution in [0.5, 0.6) is 0 Å². The fraction of sp³-hybridized carbons (Fsp3) is 0.316. The summed E-state index contributed by atoms with van der Waals surface area (Å²) in [6.45, 7) is 6.26. The second-order valence-corrected chi connectivity index (χ2v) is 6.53. The van der Waals surface area contributed by atoms with E-state index in [2.05, 4.69) is 43.4 Å². The highest BCUT2D eigenvalue weighted by atomic mass is 32.2. The first kappa shape index (κ1) is 16.6. The lowest BCUT2D eigenvalue weighted by Gasteiger charge is -2.16. The van der Waals surface area contributed by atoms with Crippen molar-refractivity contribution in [1.29, 1.82) is 0 Å². The molecule has 22 heavy (non-hydrogen) atoms. The number of aryl methyl sites for hydroxylation is 1. The molecule has 0 aliphatic rings. The van der Waals surface area contributed by atoms with Crippen LogP contribution in [0.1, 0.15) is 48.3 Å². The predicted octanol–water partition coefficient (Wildman–Crippen LogP) is 4.85. The fourth-order valence-corrected chi connectivity index (χ4v) is 3.14. The van der Waals surface area contributed by atoms with E-state index in [0.717, 1.165) is 28.2 Å². The Labute approximate surface area is 137 Å². The van der Waals surface area contributed by atoms with Crippen LogP contribution in [0.3, 0.4) is 0 Å². The van der Waals surface area contributed by atoms with E-state index in [1.807, 2.05) is 31.2 Å².